The number of hydrogen-bond donors (Lipinski definition) is 1. The Morgan fingerprint density at radius 2 is 1.38 bits per heavy atom. The van der Waals surface area contributed by atoms with Crippen LogP contribution >= 0.6 is 0 Å². The summed E-state index contributed by atoms with van der Waals surface area (Å²) >= 11 is 0. The van der Waals surface area contributed by atoms with E-state index in [2.05, 4.69) is 100 Å². The van der Waals surface area contributed by atoms with Crippen molar-refractivity contribution in [2.75, 3.05) is 0 Å². The van der Waals surface area contributed by atoms with Crippen molar-refractivity contribution in [2.45, 2.75) is 98.8 Å². The van der Waals surface area contributed by atoms with Crippen LogP contribution in [0.5, 0.6) is 5.75 Å². The molecule has 308 valence electrons. The number of pyridine rings is 1. The van der Waals surface area contributed by atoms with Gasteiger partial charge < -0.3 is 5.11 Å². The van der Waals surface area contributed by atoms with E-state index < -0.39 is 65.8 Å². The minimum Gasteiger partial charge on any atom is -0.507 e. The Morgan fingerprint density at radius 3 is 2.05 bits per heavy atom. The Hall–Kier alpha value is -6.26. The van der Waals surface area contributed by atoms with Gasteiger partial charge in [0.1, 0.15) is 11.6 Å². The zero-order chi connectivity index (χ0) is 52.0. The minimum absolute atomic E-state index is 0.0125. The molecule has 0 aliphatic rings. The SMILES string of the molecule is [2H]c1nc(-c2cc(-c3cccc4c3nc(-c3cc(C(C)C)cc(C(C)C)c3O)n4-c3ccc(-c4ccccc4)c(C(C)(C)C)c3)cc(C(C)(C)C)c2)c([2H])c(-c2c([2H])c([2H])c(C([2H])([2H])[2H])c([2H])c2[2H])c1[2H]. The lowest BCUT2D eigenvalue weighted by Gasteiger charge is -2.25. The monoisotopic (exact) mass is 812 g/mol. The van der Waals surface area contributed by atoms with E-state index in [-0.39, 0.29) is 34.3 Å². The molecule has 61 heavy (non-hydrogen) atoms. The van der Waals surface area contributed by atoms with Gasteiger partial charge in [-0.3, -0.25) is 9.55 Å². The standard InChI is InChI=1S/C57H59N3O/c1-35(2)41-31-48(36(3)4)54(61)49(32-41)55-59-53-47(18-15-19-52(53)60(55)45-24-25-46(39-16-13-12-14-17-39)50(34-45)57(9,10)11)42-28-43(30-44(29-42)56(6,7)8)51-33-40(26-27-58-51)38-22-20-37(5)21-23-38/h12-36,61H,1-11H3/i5D3,20D,21D,22D,23D,26D,27D,33D. The second-order valence-electron chi connectivity index (χ2n) is 18.6. The molecule has 4 nitrogen and oxygen atoms in total. The normalized spacial score (nSPS) is 14.8. The summed E-state index contributed by atoms with van der Waals surface area (Å²) in [7, 11) is 0. The van der Waals surface area contributed by atoms with Gasteiger partial charge in [-0.25, -0.2) is 4.98 Å². The molecule has 0 fully saturated rings. The summed E-state index contributed by atoms with van der Waals surface area (Å²) in [4.78, 5) is 9.96. The predicted molar refractivity (Wildman–Crippen MR) is 258 cm³/mol. The first-order valence-corrected chi connectivity index (χ1v) is 21.0. The highest BCUT2D eigenvalue weighted by Crippen LogP contribution is 2.44. The second-order valence-corrected chi connectivity index (χ2v) is 18.6. The molecule has 0 bridgehead atoms. The molecule has 0 aliphatic carbocycles. The molecule has 4 heteroatoms. The van der Waals surface area contributed by atoms with Crippen molar-refractivity contribution >= 4 is 11.0 Å². The average molecular weight is 812 g/mol. The van der Waals surface area contributed by atoms with E-state index in [4.69, 9.17) is 17.3 Å². The Labute approximate surface area is 377 Å². The number of aromatic nitrogens is 3. The van der Waals surface area contributed by atoms with Crippen molar-refractivity contribution in [3.8, 4) is 67.5 Å². The molecule has 2 aromatic heterocycles. The maximum absolute atomic E-state index is 12.3. The lowest BCUT2D eigenvalue weighted by Crippen LogP contribution is -2.14. The van der Waals surface area contributed by atoms with Crippen molar-refractivity contribution in [1.29, 1.82) is 0 Å². The third-order valence-electron chi connectivity index (χ3n) is 11.4. The van der Waals surface area contributed by atoms with Crippen LogP contribution in [0, 0.1) is 6.85 Å². The van der Waals surface area contributed by atoms with Gasteiger partial charge in [-0.2, -0.15) is 0 Å². The quantitative estimate of drug-likeness (QED) is 0.166. The molecule has 8 aromatic rings. The van der Waals surface area contributed by atoms with Crippen LogP contribution in [0.2, 0.25) is 0 Å². The van der Waals surface area contributed by atoms with Crippen molar-refractivity contribution in [2.24, 2.45) is 0 Å². The smallest absolute Gasteiger partial charge is 0.149 e. The van der Waals surface area contributed by atoms with Crippen LogP contribution in [-0.2, 0) is 10.8 Å². The van der Waals surface area contributed by atoms with Gasteiger partial charge in [0.05, 0.1) is 31.9 Å². The van der Waals surface area contributed by atoms with E-state index in [0.717, 1.165) is 50.1 Å². The number of phenols is 1. The highest BCUT2D eigenvalue weighted by Gasteiger charge is 2.26. The number of para-hydroxylation sites is 1. The van der Waals surface area contributed by atoms with Gasteiger partial charge in [0.15, 0.2) is 0 Å². The fourth-order valence-electron chi connectivity index (χ4n) is 7.93. The van der Waals surface area contributed by atoms with E-state index in [1.165, 1.54) is 0 Å². The zero-order valence-corrected chi connectivity index (χ0v) is 36.7. The molecule has 0 spiro atoms. The summed E-state index contributed by atoms with van der Waals surface area (Å²) in [6, 6.07) is 28.5. The molecule has 2 heterocycles. The van der Waals surface area contributed by atoms with E-state index >= 15 is 0 Å². The molecule has 0 saturated carbocycles. The van der Waals surface area contributed by atoms with E-state index in [1.54, 1.807) is 0 Å². The van der Waals surface area contributed by atoms with Gasteiger partial charge in [-0.1, -0.05) is 160 Å². The Balaban J connectivity index is 1.44. The molecule has 0 amide bonds. The van der Waals surface area contributed by atoms with Crippen LogP contribution in [0.1, 0.15) is 123 Å². The van der Waals surface area contributed by atoms with Crippen LogP contribution in [0.4, 0.5) is 0 Å². The Kier molecular flexibility index (Phi) is 8.04. The second kappa shape index (κ2) is 16.0. The van der Waals surface area contributed by atoms with E-state index in [1.807, 2.05) is 75.4 Å². The van der Waals surface area contributed by atoms with E-state index in [9.17, 15) is 6.48 Å². The lowest BCUT2D eigenvalue weighted by molar-refractivity contribution is 0.466. The first kappa shape index (κ1) is 30.7. The number of nitrogens with zero attached hydrogens (tertiary/aromatic N) is 3. The molecular weight excluding hydrogens is 743 g/mol. The summed E-state index contributed by atoms with van der Waals surface area (Å²) in [5, 5.41) is 12.3. The first-order valence-electron chi connectivity index (χ1n) is 26.0. The Morgan fingerprint density at radius 1 is 0.639 bits per heavy atom. The van der Waals surface area contributed by atoms with Crippen LogP contribution in [0.25, 0.3) is 72.7 Å². The van der Waals surface area contributed by atoms with Gasteiger partial charge in [-0.15, -0.1) is 0 Å². The summed E-state index contributed by atoms with van der Waals surface area (Å²) in [6.45, 7) is 18.2. The maximum Gasteiger partial charge on any atom is 0.149 e. The maximum atomic E-state index is 12.3. The third kappa shape index (κ3) is 8.16. The molecule has 0 atom stereocenters. The largest absolute Gasteiger partial charge is 0.507 e. The average Bonchev–Trinajstić information content (AvgIpc) is 3.69. The third-order valence-corrected chi connectivity index (χ3v) is 11.4. The van der Waals surface area contributed by atoms with Crippen LogP contribution in [-0.4, -0.2) is 19.6 Å². The highest BCUT2D eigenvalue weighted by atomic mass is 16.3. The van der Waals surface area contributed by atoms with Crippen LogP contribution in [0.3, 0.4) is 0 Å². The summed E-state index contributed by atoms with van der Waals surface area (Å²) < 4.78 is 88.2. The number of benzene rings is 6. The van der Waals surface area contributed by atoms with Crippen molar-refractivity contribution < 1.29 is 18.8 Å². The molecule has 6 aromatic carbocycles. The van der Waals surface area contributed by atoms with Gasteiger partial charge >= 0.3 is 0 Å². The fourth-order valence-corrected chi connectivity index (χ4v) is 7.93. The summed E-state index contributed by atoms with van der Waals surface area (Å²) in [5.74, 6) is 0.861. The van der Waals surface area contributed by atoms with Crippen molar-refractivity contribution in [1.82, 2.24) is 14.5 Å². The van der Waals surface area contributed by atoms with Crippen LogP contribution < -0.4 is 0 Å². The van der Waals surface area contributed by atoms with Gasteiger partial charge in [-0.05, 0) is 128 Å². The number of rotatable bonds is 8. The van der Waals surface area contributed by atoms with Gasteiger partial charge in [0.2, 0.25) is 0 Å². The number of fused-ring (bicyclic) bond motifs is 1. The van der Waals surface area contributed by atoms with Gasteiger partial charge in [0.25, 0.3) is 0 Å². The number of aromatic hydroxyl groups is 1. The predicted octanol–water partition coefficient (Wildman–Crippen LogP) is 15.6. The molecule has 8 rings (SSSR count). The lowest BCUT2D eigenvalue weighted by atomic mass is 9.81. The minimum atomic E-state index is -2.96. The molecule has 0 saturated heterocycles. The summed E-state index contributed by atoms with van der Waals surface area (Å²) in [5.41, 5.74) is 8.36. The van der Waals surface area contributed by atoms with Crippen LogP contribution in [0.15, 0.2) is 139 Å². The van der Waals surface area contributed by atoms with Gasteiger partial charge in [0, 0.05) is 27.1 Å². The molecule has 0 aliphatic heterocycles. The highest BCUT2D eigenvalue weighted by molar-refractivity contribution is 5.97. The summed E-state index contributed by atoms with van der Waals surface area (Å²) in [6.07, 6.45) is -0.562. The number of hydrogen-bond acceptors (Lipinski definition) is 3. The van der Waals surface area contributed by atoms with Crippen molar-refractivity contribution in [3.05, 3.63) is 167 Å². The van der Waals surface area contributed by atoms with E-state index in [0.29, 0.717) is 28.0 Å². The Bertz CT molecular complexity index is 3390. The van der Waals surface area contributed by atoms with Crippen molar-refractivity contribution in [3.63, 3.8) is 0 Å². The molecule has 1 N–H and O–H groups in total. The topological polar surface area (TPSA) is 50.9 Å². The number of phenolic OH excluding ortho intramolecular Hbond substituents is 1. The number of imidazole rings is 1. The first-order chi connectivity index (χ1) is 33.1. The fraction of sp³-hybridized carbons (Fsp3) is 0.263. The zero-order valence-electron chi connectivity index (χ0n) is 46.7. The molecule has 0 radical (unpaired) electrons. The molecule has 0 unspecified atom stereocenters. The molecular formula is C57H59N3O.